The van der Waals surface area contributed by atoms with E-state index in [1.807, 2.05) is 66.7 Å². The van der Waals surface area contributed by atoms with E-state index in [9.17, 15) is 9.90 Å². The third-order valence-electron chi connectivity index (χ3n) is 5.83. The molecule has 1 N–H and O–H groups in total. The number of aliphatic hydroxyl groups is 1. The summed E-state index contributed by atoms with van der Waals surface area (Å²) in [5, 5.41) is 11.6. The van der Waals surface area contributed by atoms with Crippen molar-refractivity contribution in [1.29, 1.82) is 0 Å². The maximum atomic E-state index is 11.3. The van der Waals surface area contributed by atoms with Crippen LogP contribution in [0.3, 0.4) is 0 Å². The van der Waals surface area contributed by atoms with Gasteiger partial charge in [0.05, 0.1) is 13.2 Å². The Morgan fingerprint density at radius 1 is 1.00 bits per heavy atom. The molecule has 3 rings (SSSR count). The molecule has 0 saturated carbocycles. The lowest BCUT2D eigenvalue weighted by molar-refractivity contribution is -0.142. The molecule has 34 heavy (non-hydrogen) atoms. The normalized spacial score (nSPS) is 12.9. The monoisotopic (exact) mass is 481 g/mol. The van der Waals surface area contributed by atoms with Gasteiger partial charge >= 0.3 is 5.97 Å². The number of nitrogens with zero attached hydrogens (tertiary/aromatic N) is 1. The van der Waals surface area contributed by atoms with E-state index >= 15 is 0 Å². The molecule has 6 heteroatoms. The largest absolute Gasteiger partial charge is 0.482 e. The second kappa shape index (κ2) is 13.1. The number of carbonyl (C=O) groups is 1. The molecule has 2 unspecified atom stereocenters. The summed E-state index contributed by atoms with van der Waals surface area (Å²) in [4.78, 5) is 13.6. The van der Waals surface area contributed by atoms with Crippen LogP contribution in [0.5, 0.6) is 5.75 Å². The summed E-state index contributed by atoms with van der Waals surface area (Å²) in [6.45, 7) is 3.40. The molecule has 0 aromatic heterocycles. The molecule has 0 radical (unpaired) electrons. The fourth-order valence-corrected chi connectivity index (χ4v) is 4.04. The van der Waals surface area contributed by atoms with Gasteiger partial charge in [-0.2, -0.15) is 0 Å². The third-order valence-corrected chi connectivity index (χ3v) is 6.07. The number of carbonyl (C=O) groups excluding carboxylic acids is 1. The Bertz CT molecular complexity index is 1030. The number of hydrogen-bond acceptors (Lipinski definition) is 5. The first kappa shape index (κ1) is 25.8. The lowest BCUT2D eigenvalue weighted by Crippen LogP contribution is -2.39. The molecular weight excluding hydrogens is 450 g/mol. The Kier molecular flexibility index (Phi) is 9.95. The molecule has 5 nitrogen and oxygen atoms in total. The van der Waals surface area contributed by atoms with E-state index in [4.69, 9.17) is 16.3 Å². The van der Waals surface area contributed by atoms with E-state index in [0.717, 1.165) is 30.5 Å². The average molecular weight is 482 g/mol. The van der Waals surface area contributed by atoms with Crippen LogP contribution in [0, 0.1) is 0 Å². The van der Waals surface area contributed by atoms with Gasteiger partial charge in [0.1, 0.15) is 5.75 Å². The van der Waals surface area contributed by atoms with Gasteiger partial charge in [-0.3, -0.25) is 4.90 Å². The Morgan fingerprint density at radius 3 is 2.41 bits per heavy atom. The number of halogens is 1. The summed E-state index contributed by atoms with van der Waals surface area (Å²) in [6.07, 6.45) is 1.08. The second-order valence-electron chi connectivity index (χ2n) is 8.36. The van der Waals surface area contributed by atoms with E-state index < -0.39 is 12.1 Å². The van der Waals surface area contributed by atoms with Crippen molar-refractivity contribution < 1.29 is 19.4 Å². The van der Waals surface area contributed by atoms with E-state index in [-0.39, 0.29) is 12.6 Å². The Morgan fingerprint density at radius 2 is 1.74 bits per heavy atom. The number of ether oxygens (including phenoxy) is 2. The molecule has 2 atom stereocenters. The summed E-state index contributed by atoms with van der Waals surface area (Å²) in [5.41, 5.74) is 3.24. The lowest BCUT2D eigenvalue weighted by Gasteiger charge is -2.31. The fraction of sp³-hybridized carbons (Fsp3) is 0.321. The lowest BCUT2D eigenvalue weighted by atomic mass is 10.0. The number of hydrogen-bond donors (Lipinski definition) is 1. The van der Waals surface area contributed by atoms with Crippen LogP contribution in [0.1, 0.15) is 29.7 Å². The van der Waals surface area contributed by atoms with E-state index in [2.05, 4.69) is 28.7 Å². The predicted octanol–water partition coefficient (Wildman–Crippen LogP) is 5.10. The number of methoxy groups -OCH3 is 1. The van der Waals surface area contributed by atoms with Gasteiger partial charge in [-0.15, -0.1) is 0 Å². The van der Waals surface area contributed by atoms with Crippen molar-refractivity contribution in [2.75, 3.05) is 26.8 Å². The standard InChI is InChI=1S/C28H32ClNO4/c1-21(17-23-11-13-26(14-12-23)34-20-28(32)33-2)30(16-15-22-7-4-3-5-8-22)19-27(31)24-9-6-10-25(29)18-24/h3-14,18,21,27,31H,15-17,19-20H2,1-2H3. The topological polar surface area (TPSA) is 59.0 Å². The smallest absolute Gasteiger partial charge is 0.343 e. The highest BCUT2D eigenvalue weighted by Gasteiger charge is 2.19. The summed E-state index contributed by atoms with van der Waals surface area (Å²) < 4.78 is 10.0. The van der Waals surface area contributed by atoms with Crippen molar-refractivity contribution in [2.24, 2.45) is 0 Å². The van der Waals surface area contributed by atoms with Gasteiger partial charge in [0.15, 0.2) is 6.61 Å². The van der Waals surface area contributed by atoms with Crippen molar-refractivity contribution in [3.05, 3.63) is 101 Å². The molecule has 0 aliphatic rings. The minimum Gasteiger partial charge on any atom is -0.482 e. The maximum absolute atomic E-state index is 11.3. The molecule has 3 aromatic carbocycles. The van der Waals surface area contributed by atoms with Gasteiger partial charge in [0, 0.05) is 24.2 Å². The van der Waals surface area contributed by atoms with Crippen molar-refractivity contribution in [2.45, 2.75) is 31.9 Å². The highest BCUT2D eigenvalue weighted by molar-refractivity contribution is 6.30. The van der Waals surface area contributed by atoms with Gasteiger partial charge in [0.2, 0.25) is 0 Å². The van der Waals surface area contributed by atoms with Crippen LogP contribution in [0.15, 0.2) is 78.9 Å². The number of aliphatic hydroxyl groups excluding tert-OH is 1. The number of rotatable bonds is 12. The van der Waals surface area contributed by atoms with Crippen molar-refractivity contribution >= 4 is 17.6 Å². The second-order valence-corrected chi connectivity index (χ2v) is 8.80. The Labute approximate surface area is 206 Å². The van der Waals surface area contributed by atoms with Crippen molar-refractivity contribution in [3.8, 4) is 5.75 Å². The van der Waals surface area contributed by atoms with Crippen molar-refractivity contribution in [3.63, 3.8) is 0 Å². The minimum absolute atomic E-state index is 0.110. The molecule has 3 aromatic rings. The minimum atomic E-state index is -0.633. The first-order valence-corrected chi connectivity index (χ1v) is 11.8. The predicted molar refractivity (Wildman–Crippen MR) is 135 cm³/mol. The van der Waals surface area contributed by atoms with Crippen molar-refractivity contribution in [1.82, 2.24) is 4.90 Å². The number of benzene rings is 3. The van der Waals surface area contributed by atoms with Crippen LogP contribution in [-0.4, -0.2) is 48.8 Å². The molecule has 0 aliphatic carbocycles. The Balaban J connectivity index is 1.66. The molecule has 0 spiro atoms. The first-order valence-electron chi connectivity index (χ1n) is 11.4. The zero-order valence-electron chi connectivity index (χ0n) is 19.7. The Hall–Kier alpha value is -2.86. The van der Waals surface area contributed by atoms with Gasteiger partial charge in [-0.1, -0.05) is 66.2 Å². The highest BCUT2D eigenvalue weighted by Crippen LogP contribution is 2.21. The van der Waals surface area contributed by atoms with Gasteiger partial charge in [0.25, 0.3) is 0 Å². The third kappa shape index (κ3) is 8.17. The molecule has 0 saturated heterocycles. The zero-order valence-corrected chi connectivity index (χ0v) is 20.4. The van der Waals surface area contributed by atoms with Crippen LogP contribution < -0.4 is 4.74 Å². The summed E-state index contributed by atoms with van der Waals surface area (Å²) in [5.74, 6) is 0.212. The van der Waals surface area contributed by atoms with Gasteiger partial charge < -0.3 is 14.6 Å². The van der Waals surface area contributed by atoms with Gasteiger partial charge in [-0.25, -0.2) is 4.79 Å². The first-order chi connectivity index (χ1) is 16.4. The summed E-state index contributed by atoms with van der Waals surface area (Å²) in [7, 11) is 1.34. The molecule has 0 aliphatic heterocycles. The molecular formula is C28H32ClNO4. The van der Waals surface area contributed by atoms with E-state index in [1.54, 1.807) is 0 Å². The van der Waals surface area contributed by atoms with Crippen LogP contribution in [0.4, 0.5) is 0 Å². The van der Waals surface area contributed by atoms with Crippen LogP contribution in [0.25, 0.3) is 0 Å². The molecule has 0 amide bonds. The fourth-order valence-electron chi connectivity index (χ4n) is 3.84. The molecule has 180 valence electrons. The SMILES string of the molecule is COC(=O)COc1ccc(CC(C)N(CCc2ccccc2)CC(O)c2cccc(Cl)c2)cc1. The van der Waals surface area contributed by atoms with E-state index in [0.29, 0.717) is 17.3 Å². The van der Waals surface area contributed by atoms with Crippen LogP contribution in [-0.2, 0) is 22.4 Å². The van der Waals surface area contributed by atoms with Crippen LogP contribution >= 0.6 is 11.6 Å². The van der Waals surface area contributed by atoms with Crippen LogP contribution in [0.2, 0.25) is 5.02 Å². The van der Waals surface area contributed by atoms with E-state index in [1.165, 1.54) is 12.7 Å². The van der Waals surface area contributed by atoms with Gasteiger partial charge in [-0.05, 0) is 60.7 Å². The molecule has 0 fully saturated rings. The highest BCUT2D eigenvalue weighted by atomic mass is 35.5. The zero-order chi connectivity index (χ0) is 24.3. The number of esters is 1. The summed E-state index contributed by atoms with van der Waals surface area (Å²) >= 11 is 6.14. The maximum Gasteiger partial charge on any atom is 0.343 e. The average Bonchev–Trinajstić information content (AvgIpc) is 2.86. The quantitative estimate of drug-likeness (QED) is 0.365. The molecule has 0 heterocycles. The summed E-state index contributed by atoms with van der Waals surface area (Å²) in [6, 6.07) is 25.7. The molecule has 0 bridgehead atoms.